The zero-order valence-corrected chi connectivity index (χ0v) is 22.4. The van der Waals surface area contributed by atoms with Gasteiger partial charge in [0, 0.05) is 36.5 Å². The van der Waals surface area contributed by atoms with Crippen LogP contribution < -0.4 is 4.74 Å². The van der Waals surface area contributed by atoms with Crippen molar-refractivity contribution < 1.29 is 14.9 Å². The van der Waals surface area contributed by atoms with Crippen molar-refractivity contribution in [1.82, 2.24) is 9.47 Å². The third-order valence-electron chi connectivity index (χ3n) is 10.8. The van der Waals surface area contributed by atoms with Crippen molar-refractivity contribution in [2.75, 3.05) is 13.1 Å². The van der Waals surface area contributed by atoms with Crippen LogP contribution in [0, 0.1) is 12.8 Å². The summed E-state index contributed by atoms with van der Waals surface area (Å²) in [5.41, 5.74) is 6.93. The SMILES string of the molecule is Cc1cccc2c3c(n(Cc4ccccc4)c12)[C@@H]1Oc2c(O)ccc4c2[C@@]12CCN(CC1CC1)[C@H](C4)[C@]2(O)C3. The number of likely N-dealkylation sites (tertiary alicyclic amines) is 1. The summed E-state index contributed by atoms with van der Waals surface area (Å²) in [6.07, 6.45) is 4.54. The summed E-state index contributed by atoms with van der Waals surface area (Å²) in [6, 6.07) is 21.2. The number of aliphatic hydroxyl groups is 1. The van der Waals surface area contributed by atoms with Gasteiger partial charge in [0.1, 0.15) is 0 Å². The van der Waals surface area contributed by atoms with Gasteiger partial charge in [-0.2, -0.15) is 0 Å². The molecule has 4 atom stereocenters. The number of ether oxygens (including phenoxy) is 1. The van der Waals surface area contributed by atoms with E-state index in [0.717, 1.165) is 44.0 Å². The molecule has 3 heterocycles. The normalized spacial score (nSPS) is 30.2. The van der Waals surface area contributed by atoms with Crippen molar-refractivity contribution in [3.05, 3.63) is 94.2 Å². The molecule has 5 nitrogen and oxygen atoms in total. The van der Waals surface area contributed by atoms with E-state index in [2.05, 4.69) is 71.0 Å². The van der Waals surface area contributed by atoms with Crippen molar-refractivity contribution >= 4 is 10.9 Å². The second kappa shape index (κ2) is 7.47. The van der Waals surface area contributed by atoms with Crippen LogP contribution in [0.2, 0.25) is 0 Å². The van der Waals surface area contributed by atoms with Gasteiger partial charge >= 0.3 is 0 Å². The molecule has 1 spiro atoms. The number of para-hydroxylation sites is 1. The maximum atomic E-state index is 13.2. The van der Waals surface area contributed by atoms with Gasteiger partial charge in [0.2, 0.25) is 0 Å². The van der Waals surface area contributed by atoms with E-state index in [9.17, 15) is 10.2 Å². The third kappa shape index (κ3) is 2.73. The molecule has 2 fully saturated rings. The Balaban J connectivity index is 1.33. The Labute approximate surface area is 228 Å². The van der Waals surface area contributed by atoms with E-state index in [0.29, 0.717) is 12.2 Å². The molecule has 4 aromatic rings. The monoisotopic (exact) mass is 518 g/mol. The maximum Gasteiger partial charge on any atom is 0.166 e. The highest BCUT2D eigenvalue weighted by Crippen LogP contribution is 2.69. The second-order valence-corrected chi connectivity index (χ2v) is 12.8. The van der Waals surface area contributed by atoms with Gasteiger partial charge in [-0.15, -0.1) is 0 Å². The molecule has 5 aliphatic rings. The number of aryl methyl sites for hydroxylation is 1. The number of phenols is 1. The van der Waals surface area contributed by atoms with Gasteiger partial charge in [0.15, 0.2) is 17.6 Å². The van der Waals surface area contributed by atoms with Gasteiger partial charge in [0.05, 0.1) is 22.2 Å². The number of hydrogen-bond acceptors (Lipinski definition) is 4. The maximum absolute atomic E-state index is 13.2. The fourth-order valence-corrected chi connectivity index (χ4v) is 9.02. The first-order chi connectivity index (χ1) is 19.0. The van der Waals surface area contributed by atoms with Gasteiger partial charge in [-0.1, -0.05) is 54.6 Å². The number of rotatable bonds is 4. The molecule has 0 amide bonds. The van der Waals surface area contributed by atoms with E-state index in [1.54, 1.807) is 6.07 Å². The molecular weight excluding hydrogens is 484 g/mol. The zero-order valence-electron chi connectivity index (χ0n) is 22.4. The van der Waals surface area contributed by atoms with Gasteiger partial charge in [-0.3, -0.25) is 4.90 Å². The molecule has 0 unspecified atom stereocenters. The summed E-state index contributed by atoms with van der Waals surface area (Å²) in [4.78, 5) is 2.60. The Bertz CT molecular complexity index is 1670. The summed E-state index contributed by atoms with van der Waals surface area (Å²) in [5.74, 6) is 1.57. The van der Waals surface area contributed by atoms with Crippen LogP contribution in [0.3, 0.4) is 0 Å². The smallest absolute Gasteiger partial charge is 0.166 e. The number of benzene rings is 3. The van der Waals surface area contributed by atoms with E-state index < -0.39 is 11.0 Å². The number of phenolic OH excluding ortho intramolecular Hbond substituents is 1. The standard InChI is InChI=1S/C34H34N2O3/c1-20-6-5-9-24-25-17-34(38)27-16-23-12-13-26(37)31-28(23)33(34,14-15-35(27)18-22-10-11-22)32(39-31)30(25)36(29(20)24)19-21-7-3-2-4-8-21/h2-9,12-13,22,27,32,37-38H,10-11,14-19H2,1H3/t27-,32+,33+,34-/m1/s1. The Kier molecular flexibility index (Phi) is 4.31. The highest BCUT2D eigenvalue weighted by Gasteiger charge is 2.73. The van der Waals surface area contributed by atoms with Crippen molar-refractivity contribution in [2.45, 2.75) is 68.7 Å². The Morgan fingerprint density at radius 1 is 1.03 bits per heavy atom. The average Bonchev–Trinajstić information content (AvgIpc) is 3.60. The lowest BCUT2D eigenvalue weighted by atomic mass is 9.49. The first-order valence-corrected chi connectivity index (χ1v) is 14.6. The van der Waals surface area contributed by atoms with E-state index in [-0.39, 0.29) is 17.9 Å². The van der Waals surface area contributed by atoms with Crippen LogP contribution in [0.15, 0.2) is 60.7 Å². The van der Waals surface area contributed by atoms with Crippen LogP contribution >= 0.6 is 0 Å². The summed E-state index contributed by atoms with van der Waals surface area (Å²) in [7, 11) is 0. The van der Waals surface area contributed by atoms with Crippen molar-refractivity contribution in [3.63, 3.8) is 0 Å². The molecule has 3 aliphatic carbocycles. The minimum atomic E-state index is -0.959. The largest absolute Gasteiger partial charge is 0.504 e. The number of fused-ring (bicyclic) bond motifs is 4. The zero-order chi connectivity index (χ0) is 26.1. The van der Waals surface area contributed by atoms with E-state index >= 15 is 0 Å². The molecule has 1 saturated heterocycles. The van der Waals surface area contributed by atoms with Crippen LogP contribution in [0.25, 0.3) is 10.9 Å². The molecule has 1 aromatic heterocycles. The molecule has 2 aliphatic heterocycles. The fraction of sp³-hybridized carbons (Fsp3) is 0.412. The lowest BCUT2D eigenvalue weighted by Gasteiger charge is -2.63. The fourth-order valence-electron chi connectivity index (χ4n) is 9.02. The molecule has 39 heavy (non-hydrogen) atoms. The predicted octanol–water partition coefficient (Wildman–Crippen LogP) is 5.40. The van der Waals surface area contributed by atoms with Gasteiger partial charge in [0.25, 0.3) is 0 Å². The second-order valence-electron chi connectivity index (χ2n) is 12.8. The number of aromatic nitrogens is 1. The van der Waals surface area contributed by atoms with Crippen LogP contribution in [-0.4, -0.2) is 44.4 Å². The van der Waals surface area contributed by atoms with Gasteiger partial charge in [-0.25, -0.2) is 0 Å². The number of piperidine rings is 1. The van der Waals surface area contributed by atoms with Gasteiger partial charge in [-0.05, 0) is 73.4 Å². The lowest BCUT2D eigenvalue weighted by Crippen LogP contribution is -2.74. The van der Waals surface area contributed by atoms with Crippen LogP contribution in [-0.2, 0) is 24.8 Å². The van der Waals surface area contributed by atoms with E-state index in [1.807, 2.05) is 0 Å². The van der Waals surface area contributed by atoms with E-state index in [1.165, 1.54) is 51.7 Å². The van der Waals surface area contributed by atoms with E-state index in [4.69, 9.17) is 4.74 Å². The van der Waals surface area contributed by atoms with Crippen molar-refractivity contribution in [1.29, 1.82) is 0 Å². The van der Waals surface area contributed by atoms with Crippen LogP contribution in [0.4, 0.5) is 0 Å². The highest BCUT2D eigenvalue weighted by atomic mass is 16.5. The molecule has 1 saturated carbocycles. The van der Waals surface area contributed by atoms with Crippen molar-refractivity contribution in [3.8, 4) is 11.5 Å². The average molecular weight is 519 g/mol. The van der Waals surface area contributed by atoms with Gasteiger partial charge < -0.3 is 19.5 Å². The molecule has 5 heteroatoms. The number of nitrogens with zero attached hydrogens (tertiary/aromatic N) is 2. The van der Waals surface area contributed by atoms with Crippen molar-refractivity contribution in [2.24, 2.45) is 5.92 Å². The lowest BCUT2D eigenvalue weighted by molar-refractivity contribution is -0.173. The van der Waals surface area contributed by atoms with Crippen LogP contribution in [0.5, 0.6) is 11.5 Å². The topological polar surface area (TPSA) is 57.9 Å². The Morgan fingerprint density at radius 2 is 1.87 bits per heavy atom. The minimum absolute atomic E-state index is 0.0476. The summed E-state index contributed by atoms with van der Waals surface area (Å²) in [6.45, 7) is 4.99. The molecule has 2 bridgehead atoms. The minimum Gasteiger partial charge on any atom is -0.504 e. The Hall–Kier alpha value is -3.28. The van der Waals surface area contributed by atoms with Crippen LogP contribution in [0.1, 0.15) is 58.9 Å². The molecule has 2 N–H and O–H groups in total. The number of hydrogen-bond donors (Lipinski definition) is 2. The number of aromatic hydroxyl groups is 1. The molecule has 0 radical (unpaired) electrons. The molecular formula is C34H34N2O3. The Morgan fingerprint density at radius 3 is 2.69 bits per heavy atom. The molecule has 3 aromatic carbocycles. The summed E-state index contributed by atoms with van der Waals surface area (Å²) >= 11 is 0. The highest BCUT2D eigenvalue weighted by molar-refractivity contribution is 5.89. The summed E-state index contributed by atoms with van der Waals surface area (Å²) < 4.78 is 9.40. The predicted molar refractivity (Wildman–Crippen MR) is 150 cm³/mol. The summed E-state index contributed by atoms with van der Waals surface area (Å²) in [5, 5.41) is 25.5. The first kappa shape index (κ1) is 22.5. The quantitative estimate of drug-likeness (QED) is 0.380. The first-order valence-electron chi connectivity index (χ1n) is 14.6. The molecule has 198 valence electrons. The molecule has 9 rings (SSSR count). The third-order valence-corrected chi connectivity index (χ3v) is 10.8.